The molecule has 2 unspecified atom stereocenters. The molecule has 3 aliphatic rings. The number of hydroxylamine groups is 2. The fraction of sp³-hybridized carbons (Fsp3) is 0.500. The summed E-state index contributed by atoms with van der Waals surface area (Å²) in [6.07, 6.45) is 4.64. The van der Waals surface area contributed by atoms with Gasteiger partial charge in [0.05, 0.1) is 18.4 Å². The van der Waals surface area contributed by atoms with Crippen molar-refractivity contribution < 1.29 is 41.8 Å². The zero-order valence-electron chi connectivity index (χ0n) is 15.8. The summed E-state index contributed by atoms with van der Waals surface area (Å²) in [5, 5.41) is -1.89. The van der Waals surface area contributed by atoms with E-state index in [1.54, 1.807) is 0 Å². The van der Waals surface area contributed by atoms with Crippen LogP contribution < -0.4 is 0 Å². The molecule has 2 aliphatic heterocycles. The molecule has 162 valence electrons. The van der Waals surface area contributed by atoms with Gasteiger partial charge in [0, 0.05) is 12.2 Å². The number of amides is 4. The van der Waals surface area contributed by atoms with Crippen LogP contribution in [0, 0.1) is 11.8 Å². The fourth-order valence-electron chi connectivity index (χ4n) is 3.99. The summed E-state index contributed by atoms with van der Waals surface area (Å²) in [4.78, 5) is 65.9. The van der Waals surface area contributed by atoms with Gasteiger partial charge in [-0.15, -0.1) is 11.6 Å². The molecule has 2 fully saturated rings. The van der Waals surface area contributed by atoms with Crippen LogP contribution in [0.15, 0.2) is 24.8 Å². The van der Waals surface area contributed by atoms with E-state index in [-0.39, 0.29) is 11.0 Å². The summed E-state index contributed by atoms with van der Waals surface area (Å²) in [6, 6.07) is -0.519. The van der Waals surface area contributed by atoms with Crippen molar-refractivity contribution in [2.24, 2.45) is 11.8 Å². The molecule has 0 spiro atoms. The third-order valence-corrected chi connectivity index (χ3v) is 6.66. The summed E-state index contributed by atoms with van der Waals surface area (Å²) >= 11 is 0. The van der Waals surface area contributed by atoms with Gasteiger partial charge in [-0.2, -0.15) is 8.42 Å². The molecule has 1 saturated carbocycles. The molecule has 3 rings (SSSR count). The second-order valence-electron chi connectivity index (χ2n) is 7.36. The maximum Gasteiger partial charge on any atom is 0.336 e. The molecule has 12 heteroatoms. The highest BCUT2D eigenvalue weighted by molar-refractivity contribution is 7.87. The summed E-state index contributed by atoms with van der Waals surface area (Å²) in [7, 11) is -4.79. The number of carbonyl (C=O) groups is 5. The Balaban J connectivity index is 1.59. The minimum Gasteiger partial charge on any atom is -0.330 e. The molecule has 2 heterocycles. The number of rotatable bonds is 6. The van der Waals surface area contributed by atoms with E-state index in [0.717, 1.165) is 4.90 Å². The van der Waals surface area contributed by atoms with Crippen LogP contribution in [0.5, 0.6) is 0 Å². The van der Waals surface area contributed by atoms with Crippen LogP contribution in [0.2, 0.25) is 0 Å². The Morgan fingerprint density at radius 3 is 2.17 bits per heavy atom. The SMILES string of the molecule is C=CC(C1CCC(C(=O)ON2C(=O)CC(S(=O)(=O)O)C2=O)CC1)N1C(=O)C=CC1=O. The molecule has 1 N–H and O–H groups in total. The monoisotopic (exact) mass is 440 g/mol. The largest absolute Gasteiger partial charge is 0.336 e. The molecule has 1 saturated heterocycles. The van der Waals surface area contributed by atoms with Crippen molar-refractivity contribution in [3.8, 4) is 0 Å². The number of hydrogen-bond donors (Lipinski definition) is 1. The van der Waals surface area contributed by atoms with Gasteiger partial charge in [0.25, 0.3) is 33.7 Å². The van der Waals surface area contributed by atoms with Crippen molar-refractivity contribution in [1.82, 2.24) is 9.96 Å². The molecule has 0 aromatic carbocycles. The van der Waals surface area contributed by atoms with E-state index in [0.29, 0.717) is 25.7 Å². The van der Waals surface area contributed by atoms with Gasteiger partial charge in [-0.1, -0.05) is 6.08 Å². The molecule has 2 atom stereocenters. The van der Waals surface area contributed by atoms with Gasteiger partial charge in [0.15, 0.2) is 5.25 Å². The number of imide groups is 2. The third kappa shape index (κ3) is 4.05. The Hall–Kier alpha value is -2.86. The lowest BCUT2D eigenvalue weighted by Crippen LogP contribution is -2.45. The quantitative estimate of drug-likeness (QED) is 0.334. The van der Waals surface area contributed by atoms with E-state index in [1.807, 2.05) is 0 Å². The van der Waals surface area contributed by atoms with E-state index < -0.39 is 63.3 Å². The van der Waals surface area contributed by atoms with Crippen LogP contribution in [0.3, 0.4) is 0 Å². The highest BCUT2D eigenvalue weighted by Crippen LogP contribution is 2.35. The minimum absolute atomic E-state index is 0.0899. The zero-order chi connectivity index (χ0) is 22.2. The first-order chi connectivity index (χ1) is 14.0. The molecule has 1 aliphatic carbocycles. The lowest BCUT2D eigenvalue weighted by atomic mass is 9.78. The van der Waals surface area contributed by atoms with Crippen LogP contribution in [0.25, 0.3) is 0 Å². The average molecular weight is 440 g/mol. The van der Waals surface area contributed by atoms with Crippen LogP contribution in [-0.4, -0.2) is 63.8 Å². The second kappa shape index (κ2) is 8.11. The van der Waals surface area contributed by atoms with E-state index in [2.05, 4.69) is 6.58 Å². The Kier molecular flexibility index (Phi) is 5.90. The van der Waals surface area contributed by atoms with Gasteiger partial charge in [0.1, 0.15) is 0 Å². The van der Waals surface area contributed by atoms with Crippen LogP contribution in [0.1, 0.15) is 32.1 Å². The van der Waals surface area contributed by atoms with Gasteiger partial charge in [0.2, 0.25) is 0 Å². The number of nitrogens with zero attached hydrogens (tertiary/aromatic N) is 2. The molecular weight excluding hydrogens is 420 g/mol. The normalized spacial score (nSPS) is 28.2. The van der Waals surface area contributed by atoms with E-state index in [4.69, 9.17) is 9.39 Å². The second-order valence-corrected chi connectivity index (χ2v) is 8.96. The van der Waals surface area contributed by atoms with Crippen molar-refractivity contribution in [2.45, 2.75) is 43.4 Å². The fourth-order valence-corrected chi connectivity index (χ4v) is 4.69. The summed E-state index contributed by atoms with van der Waals surface area (Å²) in [5.41, 5.74) is 0. The maximum absolute atomic E-state index is 12.4. The van der Waals surface area contributed by atoms with Crippen molar-refractivity contribution in [1.29, 1.82) is 0 Å². The van der Waals surface area contributed by atoms with E-state index >= 15 is 0 Å². The number of hydrogen-bond acceptors (Lipinski definition) is 8. The molecule has 0 bridgehead atoms. The van der Waals surface area contributed by atoms with Gasteiger partial charge < -0.3 is 4.84 Å². The lowest BCUT2D eigenvalue weighted by molar-refractivity contribution is -0.201. The maximum atomic E-state index is 12.4. The van der Waals surface area contributed by atoms with Crippen molar-refractivity contribution in [3.05, 3.63) is 24.8 Å². The smallest absolute Gasteiger partial charge is 0.330 e. The van der Waals surface area contributed by atoms with Crippen LogP contribution >= 0.6 is 0 Å². The zero-order valence-corrected chi connectivity index (χ0v) is 16.6. The molecule has 0 aromatic heterocycles. The highest BCUT2D eigenvalue weighted by Gasteiger charge is 2.49. The lowest BCUT2D eigenvalue weighted by Gasteiger charge is -2.35. The van der Waals surface area contributed by atoms with Crippen molar-refractivity contribution in [2.75, 3.05) is 0 Å². The number of carbonyl (C=O) groups excluding carboxylic acids is 5. The summed E-state index contributed by atoms with van der Waals surface area (Å²) in [6.45, 7) is 3.70. The molecular formula is C18H20N2O9S. The van der Waals surface area contributed by atoms with E-state index in [9.17, 15) is 32.4 Å². The Morgan fingerprint density at radius 1 is 1.13 bits per heavy atom. The van der Waals surface area contributed by atoms with Gasteiger partial charge in [-0.05, 0) is 31.6 Å². The molecule has 0 aromatic rings. The standard InChI is InChI=1S/C18H20N2O9S/c1-2-12(19-14(21)7-8-15(19)22)10-3-5-11(6-4-10)18(25)29-20-16(23)9-13(17(20)24)30(26,27)28/h2,7-8,10-13H,1,3-6,9H2,(H,26,27,28). The molecule has 11 nitrogen and oxygen atoms in total. The first kappa shape index (κ1) is 21.8. The van der Waals surface area contributed by atoms with Gasteiger partial charge >= 0.3 is 5.97 Å². The Morgan fingerprint density at radius 2 is 1.70 bits per heavy atom. The first-order valence-electron chi connectivity index (χ1n) is 9.27. The average Bonchev–Trinajstić information content (AvgIpc) is 3.16. The first-order valence-corrected chi connectivity index (χ1v) is 10.8. The van der Waals surface area contributed by atoms with Gasteiger partial charge in [-0.25, -0.2) is 4.79 Å². The topological polar surface area (TPSA) is 155 Å². The Labute approximate surface area is 172 Å². The molecule has 0 radical (unpaired) electrons. The molecule has 30 heavy (non-hydrogen) atoms. The summed E-state index contributed by atoms with van der Waals surface area (Å²) < 4.78 is 31.3. The van der Waals surface area contributed by atoms with Gasteiger partial charge in [-0.3, -0.25) is 28.6 Å². The van der Waals surface area contributed by atoms with Crippen LogP contribution in [0.4, 0.5) is 0 Å². The van der Waals surface area contributed by atoms with Crippen molar-refractivity contribution in [3.63, 3.8) is 0 Å². The summed E-state index contributed by atoms with van der Waals surface area (Å²) in [5.74, 6) is -4.82. The van der Waals surface area contributed by atoms with Crippen molar-refractivity contribution >= 4 is 39.7 Å². The van der Waals surface area contributed by atoms with E-state index in [1.165, 1.54) is 18.2 Å². The predicted molar refractivity (Wildman–Crippen MR) is 98.3 cm³/mol. The third-order valence-electron chi connectivity index (χ3n) is 5.57. The predicted octanol–water partition coefficient (Wildman–Crippen LogP) is -0.254. The molecule has 4 amide bonds. The minimum atomic E-state index is -4.79. The highest BCUT2D eigenvalue weighted by atomic mass is 32.2. The van der Waals surface area contributed by atoms with Crippen LogP contribution in [-0.2, 0) is 38.9 Å². The Bertz CT molecular complexity index is 929.